The van der Waals surface area contributed by atoms with E-state index in [2.05, 4.69) is 10.6 Å². The Labute approximate surface area is 159 Å². The molecule has 2 rings (SSSR count). The Kier molecular flexibility index (Phi) is 7.73. The van der Waals surface area contributed by atoms with Gasteiger partial charge in [0.1, 0.15) is 11.8 Å². The van der Waals surface area contributed by atoms with Crippen molar-refractivity contribution in [3.8, 4) is 11.5 Å². The first-order valence-corrected chi connectivity index (χ1v) is 8.85. The summed E-state index contributed by atoms with van der Waals surface area (Å²) >= 11 is 0. The zero-order valence-corrected chi connectivity index (χ0v) is 15.9. The molecular weight excluding hydrogens is 348 g/mol. The first-order chi connectivity index (χ1) is 13.0. The highest BCUT2D eigenvalue weighted by Crippen LogP contribution is 2.25. The summed E-state index contributed by atoms with van der Waals surface area (Å²) in [6.07, 6.45) is 2.06. The van der Waals surface area contributed by atoms with Crippen LogP contribution in [0, 0.1) is 5.92 Å². The lowest BCUT2D eigenvalue weighted by Crippen LogP contribution is -2.48. The van der Waals surface area contributed by atoms with Gasteiger partial charge in [0, 0.05) is 0 Å². The van der Waals surface area contributed by atoms with Crippen molar-refractivity contribution in [1.29, 1.82) is 0 Å². The fourth-order valence-electron chi connectivity index (χ4n) is 2.53. The summed E-state index contributed by atoms with van der Waals surface area (Å²) in [5.74, 6) is 1.26. The molecule has 1 heterocycles. The molecule has 0 fully saturated rings. The van der Waals surface area contributed by atoms with Crippen LogP contribution in [0.25, 0.3) is 0 Å². The summed E-state index contributed by atoms with van der Waals surface area (Å²) in [6.45, 7) is 4.04. The largest absolute Gasteiger partial charge is 0.493 e. The summed E-state index contributed by atoms with van der Waals surface area (Å²) in [6, 6.07) is 9.95. The molecule has 2 N–H and O–H groups in total. The highest BCUT2D eigenvalue weighted by molar-refractivity contribution is 5.88. The number of nitrogens with one attached hydrogen (secondary N) is 2. The molecule has 0 aliphatic rings. The fraction of sp³-hybridized carbons (Fsp3) is 0.400. The molecule has 2 aromatic rings. The zero-order chi connectivity index (χ0) is 19.6. The first-order valence-electron chi connectivity index (χ1n) is 8.85. The Balaban J connectivity index is 1.89. The zero-order valence-electron chi connectivity index (χ0n) is 15.9. The van der Waals surface area contributed by atoms with Gasteiger partial charge in [-0.25, -0.2) is 0 Å². The van der Waals surface area contributed by atoms with Crippen molar-refractivity contribution in [2.45, 2.75) is 32.9 Å². The summed E-state index contributed by atoms with van der Waals surface area (Å²) in [5.41, 5.74) is 0. The molecule has 146 valence electrons. The van der Waals surface area contributed by atoms with Gasteiger partial charge in [-0.05, 0) is 36.6 Å². The van der Waals surface area contributed by atoms with Crippen molar-refractivity contribution in [2.75, 3.05) is 13.7 Å². The molecular formula is C20H26N2O5. The lowest BCUT2D eigenvalue weighted by Gasteiger charge is -2.20. The van der Waals surface area contributed by atoms with E-state index in [1.54, 1.807) is 36.6 Å². The maximum Gasteiger partial charge on any atom is 0.258 e. The Morgan fingerprint density at radius 1 is 1.11 bits per heavy atom. The minimum atomic E-state index is -0.645. The number of amides is 2. The van der Waals surface area contributed by atoms with Crippen molar-refractivity contribution < 1.29 is 23.5 Å². The molecule has 1 aromatic carbocycles. The van der Waals surface area contributed by atoms with Crippen LogP contribution in [0.3, 0.4) is 0 Å². The van der Waals surface area contributed by atoms with Gasteiger partial charge in [-0.2, -0.15) is 0 Å². The molecule has 0 aliphatic carbocycles. The minimum absolute atomic E-state index is 0.208. The highest BCUT2D eigenvalue weighted by Gasteiger charge is 2.22. The van der Waals surface area contributed by atoms with Crippen LogP contribution in [0.1, 0.15) is 26.0 Å². The number of para-hydroxylation sites is 2. The van der Waals surface area contributed by atoms with Crippen LogP contribution in [0.4, 0.5) is 0 Å². The maximum absolute atomic E-state index is 12.5. The summed E-state index contributed by atoms with van der Waals surface area (Å²) in [5, 5.41) is 5.52. The molecule has 27 heavy (non-hydrogen) atoms. The van der Waals surface area contributed by atoms with Crippen molar-refractivity contribution in [1.82, 2.24) is 10.6 Å². The van der Waals surface area contributed by atoms with Crippen LogP contribution in [0.2, 0.25) is 0 Å². The molecule has 0 bridgehead atoms. The predicted molar refractivity (Wildman–Crippen MR) is 100 cm³/mol. The summed E-state index contributed by atoms with van der Waals surface area (Å²) < 4.78 is 15.9. The second kappa shape index (κ2) is 10.3. The third-order valence-electron chi connectivity index (χ3n) is 3.80. The quantitative estimate of drug-likeness (QED) is 0.667. The number of furan rings is 1. The van der Waals surface area contributed by atoms with E-state index in [0.717, 1.165) is 0 Å². The van der Waals surface area contributed by atoms with Gasteiger partial charge in [-0.3, -0.25) is 9.59 Å². The van der Waals surface area contributed by atoms with Crippen molar-refractivity contribution in [2.24, 2.45) is 5.92 Å². The Morgan fingerprint density at radius 2 is 1.85 bits per heavy atom. The number of hydrogen-bond acceptors (Lipinski definition) is 5. The van der Waals surface area contributed by atoms with Crippen LogP contribution in [0.15, 0.2) is 47.1 Å². The highest BCUT2D eigenvalue weighted by atomic mass is 16.5. The molecule has 0 radical (unpaired) electrons. The number of carbonyl (C=O) groups is 2. The Hall–Kier alpha value is -2.96. The lowest BCUT2D eigenvalue weighted by molar-refractivity contribution is -0.130. The summed E-state index contributed by atoms with van der Waals surface area (Å²) in [4.78, 5) is 24.7. The van der Waals surface area contributed by atoms with Gasteiger partial charge in [0.05, 0.1) is 19.9 Å². The molecule has 0 unspecified atom stereocenters. The molecule has 0 aliphatic heterocycles. The third kappa shape index (κ3) is 6.69. The molecule has 1 aromatic heterocycles. The molecule has 7 nitrogen and oxygen atoms in total. The SMILES string of the molecule is COc1ccccc1OCC(=O)N[C@@H](CC(C)C)C(=O)NCc1ccco1. The smallest absolute Gasteiger partial charge is 0.258 e. The molecule has 1 atom stereocenters. The van der Waals surface area contributed by atoms with Gasteiger partial charge >= 0.3 is 0 Å². The van der Waals surface area contributed by atoms with Crippen LogP contribution >= 0.6 is 0 Å². The van der Waals surface area contributed by atoms with Gasteiger partial charge in [-0.1, -0.05) is 26.0 Å². The van der Waals surface area contributed by atoms with E-state index in [4.69, 9.17) is 13.9 Å². The van der Waals surface area contributed by atoms with Crippen molar-refractivity contribution >= 4 is 11.8 Å². The van der Waals surface area contributed by atoms with Crippen LogP contribution in [0.5, 0.6) is 11.5 Å². The van der Waals surface area contributed by atoms with Crippen LogP contribution in [-0.2, 0) is 16.1 Å². The van der Waals surface area contributed by atoms with E-state index in [1.165, 1.54) is 7.11 Å². The standard InChI is InChI=1S/C20H26N2O5/c1-14(2)11-16(20(24)21-12-15-7-6-10-26-15)22-19(23)13-27-18-9-5-4-8-17(18)25-3/h4-10,14,16H,11-13H2,1-3H3,(H,21,24)(H,22,23)/t16-/m0/s1. The van der Waals surface area contributed by atoms with E-state index in [1.807, 2.05) is 19.9 Å². The first kappa shape index (κ1) is 20.4. The number of hydrogen-bond donors (Lipinski definition) is 2. The van der Waals surface area contributed by atoms with Gasteiger partial charge < -0.3 is 24.5 Å². The Morgan fingerprint density at radius 3 is 2.48 bits per heavy atom. The topological polar surface area (TPSA) is 89.8 Å². The number of ether oxygens (including phenoxy) is 2. The van der Waals surface area contributed by atoms with Crippen molar-refractivity contribution in [3.63, 3.8) is 0 Å². The average molecular weight is 374 g/mol. The predicted octanol–water partition coefficient (Wildman–Crippen LogP) is 2.51. The van der Waals surface area contributed by atoms with E-state index in [0.29, 0.717) is 23.7 Å². The van der Waals surface area contributed by atoms with Crippen LogP contribution < -0.4 is 20.1 Å². The van der Waals surface area contributed by atoms with Crippen LogP contribution in [-0.4, -0.2) is 31.6 Å². The number of benzene rings is 1. The number of rotatable bonds is 10. The normalized spacial score (nSPS) is 11.7. The van der Waals surface area contributed by atoms with Crippen molar-refractivity contribution in [3.05, 3.63) is 48.4 Å². The second-order valence-corrected chi connectivity index (χ2v) is 6.49. The van der Waals surface area contributed by atoms with Gasteiger partial charge in [0.2, 0.25) is 5.91 Å². The van der Waals surface area contributed by atoms with E-state index in [-0.39, 0.29) is 30.9 Å². The molecule has 0 saturated carbocycles. The minimum Gasteiger partial charge on any atom is -0.493 e. The molecule has 2 amide bonds. The lowest BCUT2D eigenvalue weighted by atomic mass is 10.0. The number of carbonyl (C=O) groups excluding carboxylic acids is 2. The van der Waals surface area contributed by atoms with Gasteiger partial charge in [-0.15, -0.1) is 0 Å². The molecule has 0 saturated heterocycles. The third-order valence-corrected chi connectivity index (χ3v) is 3.80. The maximum atomic E-state index is 12.5. The van der Waals surface area contributed by atoms with E-state index < -0.39 is 6.04 Å². The molecule has 0 spiro atoms. The van der Waals surface area contributed by atoms with E-state index >= 15 is 0 Å². The fourth-order valence-corrected chi connectivity index (χ4v) is 2.53. The average Bonchev–Trinajstić information content (AvgIpc) is 3.17. The van der Waals surface area contributed by atoms with E-state index in [9.17, 15) is 9.59 Å². The van der Waals surface area contributed by atoms with Gasteiger partial charge in [0.15, 0.2) is 18.1 Å². The second-order valence-electron chi connectivity index (χ2n) is 6.49. The molecule has 7 heteroatoms. The number of methoxy groups -OCH3 is 1. The Bertz CT molecular complexity index is 728. The van der Waals surface area contributed by atoms with Gasteiger partial charge in [0.25, 0.3) is 5.91 Å². The summed E-state index contributed by atoms with van der Waals surface area (Å²) in [7, 11) is 1.53. The monoisotopic (exact) mass is 374 g/mol.